The molecular weight excluding hydrogens is 558 g/mol. The maximum absolute atomic E-state index is 13.3. The van der Waals surface area contributed by atoms with Crippen molar-refractivity contribution in [3.05, 3.63) is 90.5 Å². The smallest absolute Gasteiger partial charge is 0.408 e. The van der Waals surface area contributed by atoms with Crippen LogP contribution in [-0.2, 0) is 26.2 Å². The van der Waals surface area contributed by atoms with Crippen LogP contribution in [-0.4, -0.2) is 61.1 Å². The lowest BCUT2D eigenvalue weighted by molar-refractivity contribution is -0.125. The van der Waals surface area contributed by atoms with E-state index in [4.69, 9.17) is 9.47 Å². The number of aliphatic hydroxyl groups excluding tert-OH is 1. The minimum atomic E-state index is -3.88. The van der Waals surface area contributed by atoms with Crippen molar-refractivity contribution in [3.63, 3.8) is 0 Å². The van der Waals surface area contributed by atoms with Crippen molar-refractivity contribution < 1.29 is 32.6 Å². The number of nitrogens with zero attached hydrogens (tertiary/aromatic N) is 1. The van der Waals surface area contributed by atoms with Gasteiger partial charge in [0.1, 0.15) is 24.1 Å². The van der Waals surface area contributed by atoms with Crippen molar-refractivity contribution in [2.45, 2.75) is 56.4 Å². The van der Waals surface area contributed by atoms with Crippen LogP contribution in [0.1, 0.15) is 32.3 Å². The monoisotopic (exact) mass is 595 g/mol. The number of benzene rings is 3. The predicted molar refractivity (Wildman–Crippen MR) is 157 cm³/mol. The summed E-state index contributed by atoms with van der Waals surface area (Å²) in [5, 5.41) is 16.2. The summed E-state index contributed by atoms with van der Waals surface area (Å²) in [6.45, 7) is 3.84. The van der Waals surface area contributed by atoms with Gasteiger partial charge in [-0.05, 0) is 60.7 Å². The minimum Gasteiger partial charge on any atom is -0.457 e. The van der Waals surface area contributed by atoms with Crippen molar-refractivity contribution in [1.29, 1.82) is 0 Å². The molecule has 224 valence electrons. The number of alkyl carbamates (subject to hydrolysis) is 1. The van der Waals surface area contributed by atoms with E-state index < -0.39 is 40.2 Å². The van der Waals surface area contributed by atoms with E-state index >= 15 is 0 Å². The number of sulfonamides is 1. The maximum Gasteiger partial charge on any atom is 0.408 e. The summed E-state index contributed by atoms with van der Waals surface area (Å²) in [5.41, 5.74) is 0.818. The molecular formula is C31H37N3O7S. The van der Waals surface area contributed by atoms with Crippen molar-refractivity contribution in [1.82, 2.24) is 14.9 Å². The fraction of sp³-hybridized carbons (Fsp3) is 0.355. The van der Waals surface area contributed by atoms with E-state index in [1.165, 1.54) is 16.4 Å². The lowest BCUT2D eigenvalue weighted by atomic mass is 10.00. The Morgan fingerprint density at radius 1 is 0.952 bits per heavy atom. The van der Waals surface area contributed by atoms with Crippen molar-refractivity contribution in [2.75, 3.05) is 13.1 Å². The van der Waals surface area contributed by atoms with E-state index in [9.17, 15) is 23.1 Å². The van der Waals surface area contributed by atoms with Crippen LogP contribution in [0.2, 0.25) is 0 Å². The van der Waals surface area contributed by atoms with Gasteiger partial charge in [-0.3, -0.25) is 4.79 Å². The quantitative estimate of drug-likeness (QED) is 0.304. The average molecular weight is 596 g/mol. The fourth-order valence-corrected chi connectivity index (χ4v) is 6.11. The molecule has 2 amide bonds. The Morgan fingerprint density at radius 2 is 1.57 bits per heavy atom. The third-order valence-corrected chi connectivity index (χ3v) is 8.72. The summed E-state index contributed by atoms with van der Waals surface area (Å²) in [4.78, 5) is 25.6. The Bertz CT molecular complexity index is 1420. The lowest BCUT2D eigenvalue weighted by Crippen LogP contribution is -2.58. The molecule has 42 heavy (non-hydrogen) atoms. The van der Waals surface area contributed by atoms with Crippen LogP contribution < -0.4 is 15.4 Å². The van der Waals surface area contributed by atoms with Crippen molar-refractivity contribution in [2.24, 2.45) is 5.92 Å². The van der Waals surface area contributed by atoms with Crippen LogP contribution in [0.4, 0.5) is 4.79 Å². The number of carbonyl (C=O) groups is 2. The van der Waals surface area contributed by atoms with Gasteiger partial charge in [-0.1, -0.05) is 62.4 Å². The van der Waals surface area contributed by atoms with Gasteiger partial charge in [-0.25, -0.2) is 13.2 Å². The first-order valence-electron chi connectivity index (χ1n) is 13.9. The highest BCUT2D eigenvalue weighted by molar-refractivity contribution is 7.89. The van der Waals surface area contributed by atoms with Gasteiger partial charge in [0, 0.05) is 13.1 Å². The number of nitrogens with one attached hydrogen (secondary N) is 2. The van der Waals surface area contributed by atoms with Gasteiger partial charge in [0.2, 0.25) is 15.9 Å². The SMILES string of the molecule is CC(C)C[C@H](NC(=O)OCc1ccccc1)C(=O)N[C@@H]1CCN(S(=O)(=O)c2ccc(Oc3ccccc3)cc2)C[C@@H]1O. The first-order chi connectivity index (χ1) is 20.1. The summed E-state index contributed by atoms with van der Waals surface area (Å²) in [7, 11) is -3.88. The Morgan fingerprint density at radius 3 is 2.19 bits per heavy atom. The molecule has 0 unspecified atom stereocenters. The number of hydrogen-bond donors (Lipinski definition) is 3. The highest BCUT2D eigenvalue weighted by Gasteiger charge is 2.36. The molecule has 1 heterocycles. The Hall–Kier alpha value is -3.93. The Kier molecular flexibility index (Phi) is 10.6. The van der Waals surface area contributed by atoms with Crippen LogP contribution in [0.15, 0.2) is 89.8 Å². The summed E-state index contributed by atoms with van der Waals surface area (Å²) in [6, 6.07) is 22.9. The number of amides is 2. The van der Waals surface area contributed by atoms with E-state index in [0.29, 0.717) is 17.9 Å². The second kappa shape index (κ2) is 14.3. The minimum absolute atomic E-state index is 0.0666. The van der Waals surface area contributed by atoms with Crippen LogP contribution in [0.5, 0.6) is 11.5 Å². The van der Waals surface area contributed by atoms with Gasteiger partial charge >= 0.3 is 6.09 Å². The number of piperidine rings is 1. The molecule has 10 nitrogen and oxygen atoms in total. The van der Waals surface area contributed by atoms with E-state index in [1.807, 2.05) is 62.4 Å². The van der Waals surface area contributed by atoms with Gasteiger partial charge in [-0.15, -0.1) is 0 Å². The molecule has 4 rings (SSSR count). The molecule has 11 heteroatoms. The van der Waals surface area contributed by atoms with Gasteiger partial charge < -0.3 is 25.2 Å². The number of hydrogen-bond acceptors (Lipinski definition) is 7. The first kappa shape index (κ1) is 31.0. The van der Waals surface area contributed by atoms with Crippen LogP contribution >= 0.6 is 0 Å². The van der Waals surface area contributed by atoms with Crippen molar-refractivity contribution in [3.8, 4) is 11.5 Å². The molecule has 3 aromatic rings. The second-order valence-corrected chi connectivity index (χ2v) is 12.5. The predicted octanol–water partition coefficient (Wildman–Crippen LogP) is 4.06. The van der Waals surface area contributed by atoms with Gasteiger partial charge in [-0.2, -0.15) is 4.31 Å². The van der Waals surface area contributed by atoms with Gasteiger partial charge in [0.15, 0.2) is 0 Å². The van der Waals surface area contributed by atoms with Crippen LogP contribution in [0.25, 0.3) is 0 Å². The topological polar surface area (TPSA) is 134 Å². The van der Waals surface area contributed by atoms with E-state index in [-0.39, 0.29) is 36.9 Å². The zero-order chi connectivity index (χ0) is 30.1. The molecule has 0 spiro atoms. The molecule has 0 bridgehead atoms. The van der Waals surface area contributed by atoms with E-state index in [1.54, 1.807) is 24.3 Å². The molecule has 3 N–H and O–H groups in total. The first-order valence-corrected chi connectivity index (χ1v) is 15.3. The zero-order valence-corrected chi connectivity index (χ0v) is 24.5. The molecule has 3 atom stereocenters. The number of rotatable bonds is 11. The fourth-order valence-electron chi connectivity index (χ4n) is 4.64. The normalized spacial score (nSPS) is 18.2. The largest absolute Gasteiger partial charge is 0.457 e. The van der Waals surface area contributed by atoms with Gasteiger partial charge in [0.05, 0.1) is 17.0 Å². The highest BCUT2D eigenvalue weighted by atomic mass is 32.2. The maximum atomic E-state index is 13.3. The lowest BCUT2D eigenvalue weighted by Gasteiger charge is -2.36. The highest BCUT2D eigenvalue weighted by Crippen LogP contribution is 2.26. The number of para-hydroxylation sites is 1. The van der Waals surface area contributed by atoms with E-state index in [0.717, 1.165) is 5.56 Å². The molecule has 1 aliphatic rings. The van der Waals surface area contributed by atoms with Gasteiger partial charge in [0.25, 0.3) is 0 Å². The molecule has 1 aliphatic heterocycles. The zero-order valence-electron chi connectivity index (χ0n) is 23.7. The number of β-amino-alcohol motifs (C(OH)–C–C–N with tert-alkyl or cyclic N) is 1. The molecule has 3 aromatic carbocycles. The third kappa shape index (κ3) is 8.54. The third-order valence-electron chi connectivity index (χ3n) is 6.84. The molecule has 1 saturated heterocycles. The second-order valence-electron chi connectivity index (χ2n) is 10.6. The standard InChI is InChI=1S/C31H37N3O7S/c1-22(2)19-28(33-31(37)40-21-23-9-5-3-6-10-23)30(36)32-27-17-18-34(20-29(27)35)42(38,39)26-15-13-25(14-16-26)41-24-11-7-4-8-12-24/h3-16,22,27-29,35H,17-21H2,1-2H3,(H,32,36)(H,33,37)/t27-,28+,29+/m1/s1. The number of carbonyl (C=O) groups excluding carboxylic acids is 2. The summed E-state index contributed by atoms with van der Waals surface area (Å²) < 4.78 is 38.8. The van der Waals surface area contributed by atoms with E-state index in [2.05, 4.69) is 10.6 Å². The summed E-state index contributed by atoms with van der Waals surface area (Å²) in [5.74, 6) is 0.761. The summed E-state index contributed by atoms with van der Waals surface area (Å²) >= 11 is 0. The number of aliphatic hydroxyl groups is 1. The number of ether oxygens (including phenoxy) is 2. The molecule has 0 aromatic heterocycles. The molecule has 1 fully saturated rings. The van der Waals surface area contributed by atoms with Crippen molar-refractivity contribution >= 4 is 22.0 Å². The summed E-state index contributed by atoms with van der Waals surface area (Å²) in [6.07, 6.45) is -1.29. The van der Waals surface area contributed by atoms with Crippen LogP contribution in [0, 0.1) is 5.92 Å². The average Bonchev–Trinajstić information content (AvgIpc) is 2.98. The molecule has 0 aliphatic carbocycles. The Labute approximate surface area is 246 Å². The Balaban J connectivity index is 1.32. The molecule has 0 saturated carbocycles. The molecule has 0 radical (unpaired) electrons. The van der Waals surface area contributed by atoms with Crippen LogP contribution in [0.3, 0.4) is 0 Å².